The number of nitrogens with one attached hydrogen (secondary N) is 2. The monoisotopic (exact) mass is 420 g/mol. The number of hydrogen-bond acceptors (Lipinski definition) is 6. The number of thiazole rings is 1. The summed E-state index contributed by atoms with van der Waals surface area (Å²) in [4.78, 5) is 24.9. The molecular formula is C22H20N4O3S. The molecule has 0 aliphatic carbocycles. The SMILES string of the molecule is O=C(Nc1ccc2nc(C3CCCO3)[nH]c2c1)c1cccc(OCc2cscn2)c1. The molecule has 4 aromatic rings. The van der Waals surface area contributed by atoms with Gasteiger partial charge in [-0.3, -0.25) is 4.79 Å². The van der Waals surface area contributed by atoms with E-state index in [1.54, 1.807) is 23.7 Å². The maximum Gasteiger partial charge on any atom is 0.255 e. The van der Waals surface area contributed by atoms with E-state index in [0.717, 1.165) is 42.0 Å². The minimum atomic E-state index is -0.202. The summed E-state index contributed by atoms with van der Waals surface area (Å²) in [5, 5.41) is 4.88. The number of benzene rings is 2. The molecule has 1 amide bonds. The molecule has 1 aliphatic rings. The lowest BCUT2D eigenvalue weighted by Gasteiger charge is -2.08. The quantitative estimate of drug-likeness (QED) is 0.472. The lowest BCUT2D eigenvalue weighted by molar-refractivity contribution is 0.102. The Morgan fingerprint density at radius 3 is 3.10 bits per heavy atom. The van der Waals surface area contributed by atoms with Crippen molar-refractivity contribution in [2.45, 2.75) is 25.6 Å². The zero-order valence-corrected chi connectivity index (χ0v) is 16.9. The summed E-state index contributed by atoms with van der Waals surface area (Å²) in [5.41, 5.74) is 5.59. The molecule has 1 unspecified atom stereocenters. The van der Waals surface area contributed by atoms with Gasteiger partial charge in [0.25, 0.3) is 5.91 Å². The molecule has 3 heterocycles. The average Bonchev–Trinajstić information content (AvgIpc) is 3.53. The molecule has 8 heteroatoms. The Hall–Kier alpha value is -3.23. The van der Waals surface area contributed by atoms with E-state index in [1.165, 1.54) is 11.3 Å². The number of carbonyl (C=O) groups excluding carboxylic acids is 1. The van der Waals surface area contributed by atoms with Crippen molar-refractivity contribution in [3.05, 3.63) is 70.4 Å². The first-order valence-electron chi connectivity index (χ1n) is 9.77. The van der Waals surface area contributed by atoms with Crippen LogP contribution in [0.5, 0.6) is 5.75 Å². The fraction of sp³-hybridized carbons (Fsp3) is 0.227. The number of hydrogen-bond donors (Lipinski definition) is 2. The van der Waals surface area contributed by atoms with Gasteiger partial charge >= 0.3 is 0 Å². The van der Waals surface area contributed by atoms with Gasteiger partial charge in [0.2, 0.25) is 0 Å². The molecule has 2 N–H and O–H groups in total. The normalized spacial score (nSPS) is 16.1. The highest BCUT2D eigenvalue weighted by atomic mass is 32.1. The minimum absolute atomic E-state index is 0.0301. The molecule has 5 rings (SSSR count). The number of rotatable bonds is 6. The van der Waals surface area contributed by atoms with Crippen LogP contribution in [0.4, 0.5) is 5.69 Å². The van der Waals surface area contributed by atoms with Crippen molar-refractivity contribution in [1.82, 2.24) is 15.0 Å². The fourth-order valence-electron chi connectivity index (χ4n) is 3.45. The molecule has 2 aromatic heterocycles. The van der Waals surface area contributed by atoms with Crippen LogP contribution in [-0.4, -0.2) is 27.5 Å². The third kappa shape index (κ3) is 4.05. The van der Waals surface area contributed by atoms with Crippen molar-refractivity contribution in [3.8, 4) is 5.75 Å². The fourth-order valence-corrected chi connectivity index (χ4v) is 3.99. The third-order valence-electron chi connectivity index (χ3n) is 4.96. The summed E-state index contributed by atoms with van der Waals surface area (Å²) < 4.78 is 11.4. The Balaban J connectivity index is 1.28. The summed E-state index contributed by atoms with van der Waals surface area (Å²) in [5.74, 6) is 1.27. The van der Waals surface area contributed by atoms with Crippen molar-refractivity contribution in [2.24, 2.45) is 0 Å². The number of H-pyrrole nitrogens is 1. The summed E-state index contributed by atoms with van der Waals surface area (Å²) in [6.45, 7) is 1.15. The number of anilines is 1. The Labute approximate surface area is 177 Å². The zero-order valence-electron chi connectivity index (χ0n) is 16.1. The van der Waals surface area contributed by atoms with Crippen molar-refractivity contribution in [1.29, 1.82) is 0 Å². The van der Waals surface area contributed by atoms with Gasteiger partial charge in [0.1, 0.15) is 24.3 Å². The molecule has 0 radical (unpaired) electrons. The van der Waals surface area contributed by atoms with Crippen molar-refractivity contribution < 1.29 is 14.3 Å². The molecule has 152 valence electrons. The van der Waals surface area contributed by atoms with E-state index in [2.05, 4.69) is 20.3 Å². The van der Waals surface area contributed by atoms with Crippen molar-refractivity contribution >= 4 is 34.0 Å². The van der Waals surface area contributed by atoms with E-state index in [4.69, 9.17) is 9.47 Å². The van der Waals surface area contributed by atoms with Gasteiger partial charge in [0.05, 0.1) is 22.2 Å². The van der Waals surface area contributed by atoms with Crippen LogP contribution in [0, 0.1) is 0 Å². The molecule has 7 nitrogen and oxygen atoms in total. The molecule has 0 bridgehead atoms. The number of aromatic amines is 1. The molecule has 0 saturated carbocycles. The zero-order chi connectivity index (χ0) is 20.3. The minimum Gasteiger partial charge on any atom is -0.487 e. The standard InChI is InChI=1S/C22H20N4O3S/c27-22(14-3-1-4-17(9-14)29-11-16-12-30-13-23-16)24-15-6-7-18-19(10-15)26-21(25-18)20-5-2-8-28-20/h1,3-4,6-7,9-10,12-13,20H,2,5,8,11H2,(H,24,27)(H,25,26). The van der Waals surface area contributed by atoms with Crippen LogP contribution < -0.4 is 10.1 Å². The van der Waals surface area contributed by atoms with Gasteiger partial charge < -0.3 is 19.8 Å². The van der Waals surface area contributed by atoms with Crippen LogP contribution in [0.15, 0.2) is 53.4 Å². The van der Waals surface area contributed by atoms with Crippen LogP contribution in [0.3, 0.4) is 0 Å². The molecule has 1 aliphatic heterocycles. The first-order chi connectivity index (χ1) is 14.7. The number of amides is 1. The van der Waals surface area contributed by atoms with Crippen LogP contribution in [0.2, 0.25) is 0 Å². The molecule has 2 aromatic carbocycles. The van der Waals surface area contributed by atoms with Gasteiger partial charge in [-0.2, -0.15) is 0 Å². The Bertz CT molecular complexity index is 1170. The lowest BCUT2D eigenvalue weighted by Crippen LogP contribution is -2.12. The topological polar surface area (TPSA) is 89.1 Å². The highest BCUT2D eigenvalue weighted by molar-refractivity contribution is 7.07. The molecular weight excluding hydrogens is 400 g/mol. The Morgan fingerprint density at radius 2 is 2.27 bits per heavy atom. The third-order valence-corrected chi connectivity index (χ3v) is 5.59. The van der Waals surface area contributed by atoms with Crippen LogP contribution in [0.1, 0.15) is 40.8 Å². The average molecular weight is 420 g/mol. The van der Waals surface area contributed by atoms with E-state index in [-0.39, 0.29) is 12.0 Å². The van der Waals surface area contributed by atoms with Crippen LogP contribution >= 0.6 is 11.3 Å². The number of ether oxygens (including phenoxy) is 2. The predicted octanol–water partition coefficient (Wildman–Crippen LogP) is 4.70. The van der Waals surface area contributed by atoms with Crippen LogP contribution in [-0.2, 0) is 11.3 Å². The maximum absolute atomic E-state index is 12.7. The molecule has 0 spiro atoms. The highest BCUT2D eigenvalue weighted by Gasteiger charge is 2.21. The number of fused-ring (bicyclic) bond motifs is 1. The number of imidazole rings is 1. The molecule has 30 heavy (non-hydrogen) atoms. The highest BCUT2D eigenvalue weighted by Crippen LogP contribution is 2.29. The van der Waals surface area contributed by atoms with E-state index in [0.29, 0.717) is 23.6 Å². The first kappa shape index (κ1) is 18.8. The van der Waals surface area contributed by atoms with Gasteiger partial charge in [0.15, 0.2) is 0 Å². The Kier molecular flexibility index (Phi) is 5.17. The summed E-state index contributed by atoms with van der Waals surface area (Å²) >= 11 is 1.52. The van der Waals surface area contributed by atoms with E-state index >= 15 is 0 Å². The van der Waals surface area contributed by atoms with Gasteiger partial charge in [-0.25, -0.2) is 9.97 Å². The van der Waals surface area contributed by atoms with Crippen LogP contribution in [0.25, 0.3) is 11.0 Å². The summed E-state index contributed by atoms with van der Waals surface area (Å²) in [6, 6.07) is 12.8. The van der Waals surface area contributed by atoms with Gasteiger partial charge in [0, 0.05) is 23.2 Å². The van der Waals surface area contributed by atoms with Gasteiger partial charge in [-0.05, 0) is 49.2 Å². The van der Waals surface area contributed by atoms with E-state index in [9.17, 15) is 4.79 Å². The van der Waals surface area contributed by atoms with E-state index in [1.807, 2.05) is 29.6 Å². The molecule has 1 fully saturated rings. The summed E-state index contributed by atoms with van der Waals surface area (Å²) in [7, 11) is 0. The second-order valence-corrected chi connectivity index (χ2v) is 7.82. The Morgan fingerprint density at radius 1 is 1.30 bits per heavy atom. The number of carbonyl (C=O) groups is 1. The van der Waals surface area contributed by atoms with Crippen molar-refractivity contribution in [2.75, 3.05) is 11.9 Å². The largest absolute Gasteiger partial charge is 0.487 e. The molecule has 1 saturated heterocycles. The lowest BCUT2D eigenvalue weighted by atomic mass is 10.2. The second-order valence-electron chi connectivity index (χ2n) is 7.11. The summed E-state index contributed by atoms with van der Waals surface area (Å²) in [6.07, 6.45) is 2.06. The number of nitrogens with zero attached hydrogens (tertiary/aromatic N) is 2. The molecule has 1 atom stereocenters. The number of aromatic nitrogens is 3. The van der Waals surface area contributed by atoms with Gasteiger partial charge in [-0.15, -0.1) is 11.3 Å². The smallest absolute Gasteiger partial charge is 0.255 e. The van der Waals surface area contributed by atoms with E-state index < -0.39 is 0 Å². The first-order valence-corrected chi connectivity index (χ1v) is 10.7. The van der Waals surface area contributed by atoms with Gasteiger partial charge in [-0.1, -0.05) is 6.07 Å². The van der Waals surface area contributed by atoms with Crippen molar-refractivity contribution in [3.63, 3.8) is 0 Å². The predicted molar refractivity (Wildman–Crippen MR) is 115 cm³/mol. The second kappa shape index (κ2) is 8.25. The maximum atomic E-state index is 12.7.